The molecule has 3 aliphatic rings. The van der Waals surface area contributed by atoms with Crippen LogP contribution in [0, 0.1) is 5.41 Å². The van der Waals surface area contributed by atoms with Gasteiger partial charge < -0.3 is 15.4 Å². The summed E-state index contributed by atoms with van der Waals surface area (Å²) >= 11 is 0. The monoisotopic (exact) mass is 496 g/mol. The summed E-state index contributed by atoms with van der Waals surface area (Å²) in [5.74, 6) is 0.294. The van der Waals surface area contributed by atoms with E-state index in [1.807, 2.05) is 17.9 Å². The number of alkyl halides is 3. The van der Waals surface area contributed by atoms with Crippen molar-refractivity contribution in [2.75, 3.05) is 5.73 Å². The lowest BCUT2D eigenvalue weighted by Gasteiger charge is -2.26. The van der Waals surface area contributed by atoms with Crippen molar-refractivity contribution in [2.45, 2.75) is 70.5 Å². The van der Waals surface area contributed by atoms with Gasteiger partial charge in [0.05, 0.1) is 36.0 Å². The molecule has 2 fully saturated rings. The quantitative estimate of drug-likeness (QED) is 0.494. The molecule has 2 saturated carbocycles. The molecule has 3 heterocycles. The van der Waals surface area contributed by atoms with E-state index in [9.17, 15) is 18.0 Å². The second kappa shape index (κ2) is 8.16. The van der Waals surface area contributed by atoms with Crippen LogP contribution in [0.2, 0.25) is 0 Å². The van der Waals surface area contributed by atoms with E-state index in [1.165, 1.54) is 6.07 Å². The summed E-state index contributed by atoms with van der Waals surface area (Å²) < 4.78 is 44.8. The number of nitrogen functional groups attached to an aromatic ring is 1. The Kier molecular flexibility index (Phi) is 5.26. The average molecular weight is 497 g/mol. The van der Waals surface area contributed by atoms with Crippen molar-refractivity contribution < 1.29 is 22.7 Å². The zero-order valence-corrected chi connectivity index (χ0v) is 19.9. The largest absolute Gasteiger partial charge is 0.417 e. The molecular weight excluding hydrogens is 469 g/mol. The standard InChI is InChI=1S/C27H27F3N4O2/c1-15-23-20(14-36-15)19-10-16(4-7-21(19)33-24(23)31)25(35)34(22-11-26(22)8-2-3-9-26)13-18-6-5-17(12-32-18)27(28,29)30/h4-7,10,12,15,22H,2-3,8-9,11,13-14H2,1H3,(H2,31,33). The molecule has 1 amide bonds. The smallest absolute Gasteiger partial charge is 0.383 e. The fourth-order valence-corrected chi connectivity index (χ4v) is 6.13. The van der Waals surface area contributed by atoms with Gasteiger partial charge in [-0.1, -0.05) is 12.8 Å². The van der Waals surface area contributed by atoms with Crippen molar-refractivity contribution in [2.24, 2.45) is 5.41 Å². The van der Waals surface area contributed by atoms with Crippen LogP contribution >= 0.6 is 0 Å². The Balaban J connectivity index is 1.35. The number of rotatable bonds is 4. The second-order valence-electron chi connectivity index (χ2n) is 10.3. The molecule has 2 atom stereocenters. The van der Waals surface area contributed by atoms with Crippen LogP contribution < -0.4 is 5.73 Å². The van der Waals surface area contributed by atoms with Crippen LogP contribution in [0.4, 0.5) is 19.0 Å². The molecule has 2 aromatic heterocycles. The number of benzene rings is 1. The van der Waals surface area contributed by atoms with Gasteiger partial charge in [0.25, 0.3) is 5.91 Å². The third-order valence-electron chi connectivity index (χ3n) is 8.16. The topological polar surface area (TPSA) is 81.3 Å². The molecule has 188 valence electrons. The molecule has 1 aliphatic heterocycles. The van der Waals surface area contributed by atoms with E-state index < -0.39 is 11.7 Å². The number of pyridine rings is 2. The van der Waals surface area contributed by atoms with Crippen LogP contribution in [0.5, 0.6) is 0 Å². The van der Waals surface area contributed by atoms with E-state index in [-0.39, 0.29) is 30.0 Å². The average Bonchev–Trinajstić information content (AvgIpc) is 3.13. The zero-order valence-electron chi connectivity index (χ0n) is 19.9. The lowest BCUT2D eigenvalue weighted by atomic mass is 9.99. The third kappa shape index (κ3) is 3.80. The maximum atomic E-state index is 13.9. The molecule has 1 aromatic carbocycles. The highest BCUT2D eigenvalue weighted by Crippen LogP contribution is 2.60. The highest BCUT2D eigenvalue weighted by atomic mass is 19.4. The normalized spacial score (nSPS) is 22.2. The van der Waals surface area contributed by atoms with Gasteiger partial charge in [-0.15, -0.1) is 0 Å². The van der Waals surface area contributed by atoms with Crippen LogP contribution in [-0.2, 0) is 24.1 Å². The highest BCUT2D eigenvalue weighted by Gasteiger charge is 2.58. The summed E-state index contributed by atoms with van der Waals surface area (Å²) in [5, 5.41) is 0.841. The molecular formula is C27H27F3N4O2. The number of ether oxygens (including phenoxy) is 1. The van der Waals surface area contributed by atoms with Crippen LogP contribution in [-0.4, -0.2) is 26.8 Å². The van der Waals surface area contributed by atoms with Gasteiger partial charge in [-0.3, -0.25) is 9.78 Å². The van der Waals surface area contributed by atoms with Gasteiger partial charge in [-0.25, -0.2) is 4.98 Å². The maximum Gasteiger partial charge on any atom is 0.417 e. The molecule has 2 aliphatic carbocycles. The summed E-state index contributed by atoms with van der Waals surface area (Å²) in [4.78, 5) is 24.3. The Morgan fingerprint density at radius 2 is 2.00 bits per heavy atom. The SMILES string of the molecule is CC1OCc2c1c(N)nc1ccc(C(=O)N(Cc3ccc(C(F)(F)F)cn3)C3CC34CCCC4)cc21. The molecule has 0 radical (unpaired) electrons. The van der Waals surface area contributed by atoms with Gasteiger partial charge in [0.15, 0.2) is 0 Å². The number of halogens is 3. The van der Waals surface area contributed by atoms with Crippen molar-refractivity contribution in [3.8, 4) is 0 Å². The number of carbonyl (C=O) groups is 1. The Morgan fingerprint density at radius 1 is 1.22 bits per heavy atom. The minimum absolute atomic E-state index is 0.0610. The highest BCUT2D eigenvalue weighted by molar-refractivity contribution is 5.99. The number of hydrogen-bond donors (Lipinski definition) is 1. The Labute approximate surface area is 206 Å². The summed E-state index contributed by atoms with van der Waals surface area (Å²) in [7, 11) is 0. The number of hydrogen-bond acceptors (Lipinski definition) is 5. The van der Waals surface area contributed by atoms with Crippen LogP contribution in [0.1, 0.15) is 77.9 Å². The predicted molar refractivity (Wildman–Crippen MR) is 128 cm³/mol. The fourth-order valence-electron chi connectivity index (χ4n) is 6.13. The first-order valence-corrected chi connectivity index (χ1v) is 12.3. The van der Waals surface area contributed by atoms with Gasteiger partial charge >= 0.3 is 6.18 Å². The van der Waals surface area contributed by atoms with Crippen LogP contribution in [0.15, 0.2) is 36.5 Å². The molecule has 0 bridgehead atoms. The van der Waals surface area contributed by atoms with Crippen molar-refractivity contribution >= 4 is 22.6 Å². The van der Waals surface area contributed by atoms with Gasteiger partial charge in [-0.2, -0.15) is 13.2 Å². The number of carbonyl (C=O) groups excluding carboxylic acids is 1. The van der Waals surface area contributed by atoms with E-state index in [0.29, 0.717) is 29.2 Å². The first kappa shape index (κ1) is 23.2. The number of nitrogens with two attached hydrogens (primary N) is 1. The summed E-state index contributed by atoms with van der Waals surface area (Å²) in [5.41, 5.74) is 8.97. The molecule has 1 spiro atoms. The van der Waals surface area contributed by atoms with Gasteiger partial charge in [-0.05, 0) is 67.5 Å². The molecule has 36 heavy (non-hydrogen) atoms. The predicted octanol–water partition coefficient (Wildman–Crippen LogP) is 5.80. The second-order valence-corrected chi connectivity index (χ2v) is 10.3. The molecule has 6 rings (SSSR count). The molecule has 0 saturated heterocycles. The minimum atomic E-state index is -4.45. The van der Waals surface area contributed by atoms with Crippen molar-refractivity contribution in [1.82, 2.24) is 14.9 Å². The lowest BCUT2D eigenvalue weighted by molar-refractivity contribution is -0.137. The number of amides is 1. The molecule has 3 aromatic rings. The Bertz CT molecular complexity index is 1350. The van der Waals surface area contributed by atoms with Crippen molar-refractivity contribution in [3.05, 3.63) is 64.5 Å². The molecule has 2 unspecified atom stereocenters. The summed E-state index contributed by atoms with van der Waals surface area (Å²) in [6, 6.07) is 7.85. The van der Waals surface area contributed by atoms with Crippen LogP contribution in [0.25, 0.3) is 10.9 Å². The molecule has 9 heteroatoms. The van der Waals surface area contributed by atoms with E-state index in [4.69, 9.17) is 10.5 Å². The van der Waals surface area contributed by atoms with Crippen molar-refractivity contribution in [3.63, 3.8) is 0 Å². The summed E-state index contributed by atoms with van der Waals surface area (Å²) in [6.07, 6.45) is 1.59. The molecule has 6 nitrogen and oxygen atoms in total. The van der Waals surface area contributed by atoms with E-state index in [2.05, 4.69) is 9.97 Å². The number of aromatic nitrogens is 2. The number of fused-ring (bicyclic) bond motifs is 3. The minimum Gasteiger partial charge on any atom is -0.383 e. The third-order valence-corrected chi connectivity index (χ3v) is 8.16. The number of anilines is 1. The van der Waals surface area contributed by atoms with Gasteiger partial charge in [0.2, 0.25) is 0 Å². The van der Waals surface area contributed by atoms with Gasteiger partial charge in [0.1, 0.15) is 5.82 Å². The summed E-state index contributed by atoms with van der Waals surface area (Å²) in [6.45, 7) is 2.50. The van der Waals surface area contributed by atoms with Crippen molar-refractivity contribution in [1.29, 1.82) is 0 Å². The van der Waals surface area contributed by atoms with E-state index in [0.717, 1.165) is 60.9 Å². The van der Waals surface area contributed by atoms with E-state index >= 15 is 0 Å². The first-order valence-electron chi connectivity index (χ1n) is 12.3. The Hall–Kier alpha value is -3.20. The van der Waals surface area contributed by atoms with E-state index in [1.54, 1.807) is 12.1 Å². The molecule has 2 N–H and O–H groups in total. The maximum absolute atomic E-state index is 13.9. The fraction of sp³-hybridized carbons (Fsp3) is 0.444. The first-order chi connectivity index (χ1) is 17.2. The number of nitrogens with zero attached hydrogens (tertiary/aromatic N) is 3. The van der Waals surface area contributed by atoms with Crippen LogP contribution in [0.3, 0.4) is 0 Å². The Morgan fingerprint density at radius 3 is 2.69 bits per heavy atom. The van der Waals surface area contributed by atoms with Gasteiger partial charge in [0, 0.05) is 28.8 Å². The lowest BCUT2D eigenvalue weighted by Crippen LogP contribution is -2.35. The zero-order chi connectivity index (χ0) is 25.2.